The summed E-state index contributed by atoms with van der Waals surface area (Å²) in [5, 5.41) is 3.74. The number of hydrogen-bond acceptors (Lipinski definition) is 3. The summed E-state index contributed by atoms with van der Waals surface area (Å²) < 4.78 is 5.28. The molecule has 3 nitrogen and oxygen atoms in total. The number of halogens is 1. The predicted molar refractivity (Wildman–Crippen MR) is 59.0 cm³/mol. The molecule has 1 atom stereocenters. The third kappa shape index (κ3) is 2.71. The summed E-state index contributed by atoms with van der Waals surface area (Å²) in [6, 6.07) is 0. The molecule has 1 aromatic heterocycles. The maximum Gasteiger partial charge on any atom is 0.229 e. The Labute approximate surface area is 95.2 Å². The van der Waals surface area contributed by atoms with Crippen LogP contribution in [0.25, 0.3) is 0 Å². The van der Waals surface area contributed by atoms with Crippen LogP contribution in [0.3, 0.4) is 0 Å². The zero-order chi connectivity index (χ0) is 10.7. The molecule has 1 unspecified atom stereocenters. The molecule has 0 radical (unpaired) electrons. The average molecular weight is 229 g/mol. The van der Waals surface area contributed by atoms with E-state index in [0.717, 1.165) is 5.89 Å². The molecule has 0 N–H and O–H groups in total. The molecular weight excluding hydrogens is 212 g/mol. The fourth-order valence-corrected chi connectivity index (χ4v) is 2.19. The van der Waals surface area contributed by atoms with E-state index in [1.807, 2.05) is 6.92 Å². The van der Waals surface area contributed by atoms with Gasteiger partial charge in [0, 0.05) is 5.92 Å². The Balaban J connectivity index is 2.06. The van der Waals surface area contributed by atoms with Crippen LogP contribution in [0.4, 0.5) is 0 Å². The summed E-state index contributed by atoms with van der Waals surface area (Å²) in [5.41, 5.74) is 0. The molecule has 1 heterocycles. The average Bonchev–Trinajstić information content (AvgIpc) is 2.55. The van der Waals surface area contributed by atoms with Gasteiger partial charge in [-0.2, -0.15) is 4.98 Å². The van der Waals surface area contributed by atoms with Gasteiger partial charge < -0.3 is 4.52 Å². The normalized spacial score (nSPS) is 21.2. The van der Waals surface area contributed by atoms with Crippen LogP contribution < -0.4 is 0 Å². The molecular formula is C11H17ClN2O. The van der Waals surface area contributed by atoms with Crippen molar-refractivity contribution in [2.45, 2.75) is 56.7 Å². The second kappa shape index (κ2) is 4.97. The lowest BCUT2D eigenvalue weighted by atomic mass is 10.0. The summed E-state index contributed by atoms with van der Waals surface area (Å²) in [6.45, 7) is 1.86. The molecule has 84 valence electrons. The highest BCUT2D eigenvalue weighted by molar-refractivity contribution is 6.20. The molecule has 1 saturated carbocycles. The van der Waals surface area contributed by atoms with Crippen molar-refractivity contribution in [1.82, 2.24) is 10.1 Å². The number of rotatable bonds is 2. The zero-order valence-corrected chi connectivity index (χ0v) is 9.83. The van der Waals surface area contributed by atoms with Gasteiger partial charge in [0.05, 0.1) is 5.38 Å². The van der Waals surface area contributed by atoms with Crippen molar-refractivity contribution in [3.05, 3.63) is 11.7 Å². The Morgan fingerprint density at radius 2 is 1.93 bits per heavy atom. The van der Waals surface area contributed by atoms with Gasteiger partial charge in [-0.25, -0.2) is 0 Å². The minimum absolute atomic E-state index is 0.159. The van der Waals surface area contributed by atoms with Gasteiger partial charge in [-0.15, -0.1) is 11.6 Å². The largest absolute Gasteiger partial charge is 0.339 e. The number of aromatic nitrogens is 2. The zero-order valence-electron chi connectivity index (χ0n) is 9.08. The molecule has 0 spiro atoms. The van der Waals surface area contributed by atoms with E-state index in [1.165, 1.54) is 38.5 Å². The lowest BCUT2D eigenvalue weighted by Gasteiger charge is -2.06. The molecule has 1 aromatic rings. The van der Waals surface area contributed by atoms with Crippen LogP contribution in [0.15, 0.2) is 4.52 Å². The first-order valence-electron chi connectivity index (χ1n) is 5.75. The van der Waals surface area contributed by atoms with Gasteiger partial charge in [0.15, 0.2) is 5.82 Å². The lowest BCUT2D eigenvalue weighted by Crippen LogP contribution is -1.98. The van der Waals surface area contributed by atoms with Crippen molar-refractivity contribution in [2.24, 2.45) is 0 Å². The second-order valence-electron chi connectivity index (χ2n) is 4.30. The van der Waals surface area contributed by atoms with Crippen molar-refractivity contribution in [1.29, 1.82) is 0 Å². The highest BCUT2D eigenvalue weighted by atomic mass is 35.5. The molecule has 2 rings (SSSR count). The SMILES string of the molecule is CC(Cl)c1noc(C2CCCCCC2)n1. The summed E-state index contributed by atoms with van der Waals surface area (Å²) in [6.07, 6.45) is 7.58. The van der Waals surface area contributed by atoms with Gasteiger partial charge in [-0.3, -0.25) is 0 Å². The number of nitrogens with zero attached hydrogens (tertiary/aromatic N) is 2. The van der Waals surface area contributed by atoms with Gasteiger partial charge in [-0.05, 0) is 19.8 Å². The molecule has 0 aliphatic heterocycles. The summed E-state index contributed by atoms with van der Waals surface area (Å²) in [7, 11) is 0. The van der Waals surface area contributed by atoms with Crippen LogP contribution >= 0.6 is 11.6 Å². The van der Waals surface area contributed by atoms with E-state index in [-0.39, 0.29) is 5.38 Å². The lowest BCUT2D eigenvalue weighted by molar-refractivity contribution is 0.337. The molecule has 4 heteroatoms. The van der Waals surface area contributed by atoms with E-state index >= 15 is 0 Å². The maximum atomic E-state index is 5.90. The maximum absolute atomic E-state index is 5.90. The highest BCUT2D eigenvalue weighted by Gasteiger charge is 2.21. The van der Waals surface area contributed by atoms with E-state index in [2.05, 4.69) is 10.1 Å². The Hall–Kier alpha value is -0.570. The summed E-state index contributed by atoms with van der Waals surface area (Å²) in [5.74, 6) is 1.87. The number of alkyl halides is 1. The monoisotopic (exact) mass is 228 g/mol. The first kappa shape index (κ1) is 10.9. The Bertz CT molecular complexity index is 303. The third-order valence-corrected chi connectivity index (χ3v) is 3.21. The standard InChI is InChI=1S/C11H17ClN2O/c1-8(12)10-13-11(15-14-10)9-6-4-2-3-5-7-9/h8-9H,2-7H2,1H3. The van der Waals surface area contributed by atoms with Gasteiger partial charge in [0.25, 0.3) is 0 Å². The first-order chi connectivity index (χ1) is 7.27. The first-order valence-corrected chi connectivity index (χ1v) is 6.18. The molecule has 1 aliphatic carbocycles. The van der Waals surface area contributed by atoms with Crippen molar-refractivity contribution in [2.75, 3.05) is 0 Å². The summed E-state index contributed by atoms with van der Waals surface area (Å²) >= 11 is 5.90. The topological polar surface area (TPSA) is 38.9 Å². The predicted octanol–water partition coefficient (Wildman–Crippen LogP) is 3.81. The minimum atomic E-state index is -0.159. The summed E-state index contributed by atoms with van der Waals surface area (Å²) in [4.78, 5) is 4.37. The third-order valence-electron chi connectivity index (χ3n) is 3.02. The molecule has 0 saturated heterocycles. The molecule has 0 amide bonds. The highest BCUT2D eigenvalue weighted by Crippen LogP contribution is 2.31. The molecule has 15 heavy (non-hydrogen) atoms. The van der Waals surface area contributed by atoms with Crippen molar-refractivity contribution >= 4 is 11.6 Å². The fraction of sp³-hybridized carbons (Fsp3) is 0.818. The van der Waals surface area contributed by atoms with Gasteiger partial charge in [0.1, 0.15) is 0 Å². The quantitative estimate of drug-likeness (QED) is 0.571. The second-order valence-corrected chi connectivity index (χ2v) is 4.95. The minimum Gasteiger partial charge on any atom is -0.339 e. The molecule has 1 fully saturated rings. The van der Waals surface area contributed by atoms with E-state index in [1.54, 1.807) is 0 Å². The van der Waals surface area contributed by atoms with Gasteiger partial charge in [0.2, 0.25) is 5.89 Å². The Morgan fingerprint density at radius 3 is 2.47 bits per heavy atom. The Morgan fingerprint density at radius 1 is 1.27 bits per heavy atom. The van der Waals surface area contributed by atoms with Crippen LogP contribution in [0.2, 0.25) is 0 Å². The van der Waals surface area contributed by atoms with Gasteiger partial charge >= 0.3 is 0 Å². The molecule has 0 bridgehead atoms. The van der Waals surface area contributed by atoms with E-state index in [4.69, 9.17) is 16.1 Å². The van der Waals surface area contributed by atoms with Gasteiger partial charge in [-0.1, -0.05) is 30.8 Å². The molecule has 1 aliphatic rings. The van der Waals surface area contributed by atoms with E-state index < -0.39 is 0 Å². The van der Waals surface area contributed by atoms with E-state index in [9.17, 15) is 0 Å². The van der Waals surface area contributed by atoms with E-state index in [0.29, 0.717) is 11.7 Å². The van der Waals surface area contributed by atoms with Crippen LogP contribution in [0, 0.1) is 0 Å². The van der Waals surface area contributed by atoms with Crippen LogP contribution in [-0.4, -0.2) is 10.1 Å². The smallest absolute Gasteiger partial charge is 0.229 e. The van der Waals surface area contributed by atoms with Crippen molar-refractivity contribution < 1.29 is 4.52 Å². The van der Waals surface area contributed by atoms with Crippen molar-refractivity contribution in [3.8, 4) is 0 Å². The van der Waals surface area contributed by atoms with Crippen LogP contribution in [-0.2, 0) is 0 Å². The van der Waals surface area contributed by atoms with Crippen molar-refractivity contribution in [3.63, 3.8) is 0 Å². The van der Waals surface area contributed by atoms with Crippen LogP contribution in [0.1, 0.15) is 68.5 Å². The number of hydrogen-bond donors (Lipinski definition) is 0. The Kier molecular flexibility index (Phi) is 3.62. The fourth-order valence-electron chi connectivity index (χ4n) is 2.10. The molecule has 0 aromatic carbocycles. The van der Waals surface area contributed by atoms with Crippen LogP contribution in [0.5, 0.6) is 0 Å².